The Bertz CT molecular complexity index is 2170. The Labute approximate surface area is 276 Å². The maximum atomic E-state index is 6.48. The third kappa shape index (κ3) is 3.57. The van der Waals surface area contributed by atoms with Gasteiger partial charge in [-0.05, 0) is 95.1 Å². The van der Waals surface area contributed by atoms with Crippen molar-refractivity contribution in [3.63, 3.8) is 0 Å². The Morgan fingerprint density at radius 3 is 0.833 bits per heavy atom. The van der Waals surface area contributed by atoms with Gasteiger partial charge >= 0.3 is 0 Å². The molecule has 4 aliphatic heterocycles. The van der Waals surface area contributed by atoms with Crippen molar-refractivity contribution in [2.75, 3.05) is 9.80 Å². The fraction of sp³-hybridized carbons (Fsp3) is 0. The number of rotatable bonds is 2. The van der Waals surface area contributed by atoms with E-state index < -0.39 is 0 Å². The molecule has 0 atom stereocenters. The number of benzene rings is 7. The predicted octanol–water partition coefficient (Wildman–Crippen LogP) is 12.4. The highest BCUT2D eigenvalue weighted by atomic mass is 16.5. The molecular weight excluding hydrogens is 596 g/mol. The molecule has 4 aliphatic rings. The van der Waals surface area contributed by atoms with E-state index in [1.165, 1.54) is 0 Å². The van der Waals surface area contributed by atoms with Crippen molar-refractivity contribution in [2.24, 2.45) is 0 Å². The molecule has 0 bridgehead atoms. The highest BCUT2D eigenvalue weighted by Crippen LogP contribution is 2.62. The number of anilines is 6. The largest absolute Gasteiger partial charge is 0.453 e. The molecule has 7 aromatic rings. The molecule has 6 heteroatoms. The first-order chi connectivity index (χ1) is 23.8. The summed E-state index contributed by atoms with van der Waals surface area (Å²) in [7, 11) is 0. The molecule has 226 valence electrons. The minimum absolute atomic E-state index is 0.757. The molecule has 0 spiro atoms. The summed E-state index contributed by atoms with van der Waals surface area (Å²) in [5.74, 6) is 6.27. The Kier molecular flexibility index (Phi) is 5.02. The van der Waals surface area contributed by atoms with Gasteiger partial charge in [0.2, 0.25) is 0 Å². The van der Waals surface area contributed by atoms with Gasteiger partial charge in [-0.1, -0.05) is 72.8 Å². The Morgan fingerprint density at radius 2 is 0.542 bits per heavy atom. The number of para-hydroxylation sites is 8. The van der Waals surface area contributed by atoms with Crippen LogP contribution in [0.2, 0.25) is 0 Å². The Hall–Kier alpha value is -6.66. The summed E-state index contributed by atoms with van der Waals surface area (Å²) in [4.78, 5) is 4.47. The quantitative estimate of drug-likeness (QED) is 0.192. The minimum atomic E-state index is 0.757. The van der Waals surface area contributed by atoms with Crippen LogP contribution in [0.1, 0.15) is 0 Å². The number of hydrogen-bond acceptors (Lipinski definition) is 6. The first kappa shape index (κ1) is 25.5. The van der Waals surface area contributed by atoms with Gasteiger partial charge in [0.1, 0.15) is 11.4 Å². The van der Waals surface area contributed by atoms with Crippen LogP contribution in [-0.4, -0.2) is 0 Å². The smallest absolute Gasteiger partial charge is 0.156 e. The fourth-order valence-corrected chi connectivity index (χ4v) is 7.23. The maximum absolute atomic E-state index is 6.48. The summed E-state index contributed by atoms with van der Waals surface area (Å²) in [5.41, 5.74) is 9.90. The van der Waals surface area contributed by atoms with Gasteiger partial charge in [0.15, 0.2) is 46.0 Å². The van der Waals surface area contributed by atoms with Crippen LogP contribution in [-0.2, 0) is 0 Å². The Morgan fingerprint density at radius 1 is 0.271 bits per heavy atom. The molecular formula is C42H24N2O4. The van der Waals surface area contributed by atoms with E-state index in [0.717, 1.165) is 102 Å². The molecule has 0 amide bonds. The van der Waals surface area contributed by atoms with Crippen molar-refractivity contribution >= 4 is 34.1 Å². The zero-order valence-corrected chi connectivity index (χ0v) is 25.4. The summed E-state index contributed by atoms with van der Waals surface area (Å²) in [6.07, 6.45) is 0. The number of hydrogen-bond donors (Lipinski definition) is 0. The van der Waals surface area contributed by atoms with E-state index in [1.807, 2.05) is 72.8 Å². The van der Waals surface area contributed by atoms with Crippen molar-refractivity contribution < 1.29 is 18.9 Å². The molecule has 0 saturated carbocycles. The zero-order valence-electron chi connectivity index (χ0n) is 25.4. The van der Waals surface area contributed by atoms with Gasteiger partial charge < -0.3 is 18.9 Å². The Balaban J connectivity index is 0.993. The van der Waals surface area contributed by atoms with Gasteiger partial charge in [-0.15, -0.1) is 0 Å². The van der Waals surface area contributed by atoms with E-state index >= 15 is 0 Å². The lowest BCUT2D eigenvalue weighted by atomic mass is 9.97. The minimum Gasteiger partial charge on any atom is -0.453 e. The topological polar surface area (TPSA) is 43.4 Å². The van der Waals surface area contributed by atoms with E-state index in [-0.39, 0.29) is 0 Å². The van der Waals surface area contributed by atoms with Crippen LogP contribution < -0.4 is 28.7 Å². The van der Waals surface area contributed by atoms with Crippen LogP contribution in [0.5, 0.6) is 46.0 Å². The summed E-state index contributed by atoms with van der Waals surface area (Å²) >= 11 is 0. The van der Waals surface area contributed by atoms with Gasteiger partial charge in [0.25, 0.3) is 0 Å². The predicted molar refractivity (Wildman–Crippen MR) is 187 cm³/mol. The number of nitrogens with zero attached hydrogens (tertiary/aromatic N) is 2. The monoisotopic (exact) mass is 620 g/mol. The summed E-state index contributed by atoms with van der Waals surface area (Å²) in [6, 6.07) is 49.4. The van der Waals surface area contributed by atoms with E-state index in [9.17, 15) is 0 Å². The van der Waals surface area contributed by atoms with Crippen molar-refractivity contribution in [3.05, 3.63) is 146 Å². The first-order valence-electron chi connectivity index (χ1n) is 15.9. The number of ether oxygens (including phenoxy) is 4. The molecule has 0 aliphatic carbocycles. The summed E-state index contributed by atoms with van der Waals surface area (Å²) < 4.78 is 25.9. The lowest BCUT2D eigenvalue weighted by Gasteiger charge is -2.38. The molecule has 0 saturated heterocycles. The maximum Gasteiger partial charge on any atom is 0.156 e. The van der Waals surface area contributed by atoms with Crippen LogP contribution in [0.15, 0.2) is 146 Å². The van der Waals surface area contributed by atoms with Gasteiger partial charge in [-0.3, -0.25) is 9.80 Å². The molecule has 4 heterocycles. The van der Waals surface area contributed by atoms with Crippen molar-refractivity contribution in [2.45, 2.75) is 0 Å². The number of fused-ring (bicyclic) bond motifs is 8. The summed E-state index contributed by atoms with van der Waals surface area (Å²) in [6.45, 7) is 0. The van der Waals surface area contributed by atoms with Crippen molar-refractivity contribution in [1.82, 2.24) is 0 Å². The standard InChI is InChI=1S/C42H24N2O4/c1-5-13-33-29(9-1)43-30-10-2-6-14-34(30)46-38-22-27(21-37(45-33)41(38)43)25-17-19-26(20-18-25)28-23-39-42-40(24-28)48-36-16-8-4-12-32(36)44(42)31-11-3-7-15-35(31)47-39/h1-24H. The lowest BCUT2D eigenvalue weighted by molar-refractivity contribution is 0.446. The molecule has 0 aromatic heterocycles. The van der Waals surface area contributed by atoms with Gasteiger partial charge in [-0.2, -0.15) is 0 Å². The van der Waals surface area contributed by atoms with Crippen LogP contribution in [0.4, 0.5) is 34.1 Å². The summed E-state index contributed by atoms with van der Waals surface area (Å²) in [5, 5.41) is 0. The molecule has 7 aromatic carbocycles. The third-order valence-electron chi connectivity index (χ3n) is 9.38. The molecule has 0 fully saturated rings. The van der Waals surface area contributed by atoms with E-state index in [2.05, 4.69) is 82.6 Å². The average Bonchev–Trinajstić information content (AvgIpc) is 3.14. The second kappa shape index (κ2) is 9.44. The van der Waals surface area contributed by atoms with Crippen LogP contribution in [0, 0.1) is 0 Å². The van der Waals surface area contributed by atoms with E-state index in [4.69, 9.17) is 18.9 Å². The van der Waals surface area contributed by atoms with Crippen molar-refractivity contribution in [1.29, 1.82) is 0 Å². The van der Waals surface area contributed by atoms with Gasteiger partial charge in [0.05, 0.1) is 22.7 Å². The van der Waals surface area contributed by atoms with Crippen LogP contribution in [0.25, 0.3) is 22.3 Å². The molecule has 0 unspecified atom stereocenters. The zero-order chi connectivity index (χ0) is 31.3. The lowest BCUT2D eigenvalue weighted by Crippen LogP contribution is -2.20. The van der Waals surface area contributed by atoms with Crippen LogP contribution in [0.3, 0.4) is 0 Å². The molecule has 6 nitrogen and oxygen atoms in total. The SMILES string of the molecule is c1ccc2c(c1)Oc1cc(-c3ccc(-c4cc5c6c(c4)Oc4ccccc4N6c4ccccc4O5)cc3)cc3c1N2c1ccccc1O3. The second-order valence-electron chi connectivity index (χ2n) is 12.2. The first-order valence-corrected chi connectivity index (χ1v) is 15.9. The second-order valence-corrected chi connectivity index (χ2v) is 12.2. The van der Waals surface area contributed by atoms with Crippen LogP contribution >= 0.6 is 0 Å². The third-order valence-corrected chi connectivity index (χ3v) is 9.38. The molecule has 0 radical (unpaired) electrons. The van der Waals surface area contributed by atoms with Gasteiger partial charge in [-0.25, -0.2) is 0 Å². The fourth-order valence-electron chi connectivity index (χ4n) is 7.23. The molecule has 11 rings (SSSR count). The highest BCUT2D eigenvalue weighted by molar-refractivity contribution is 5.97. The van der Waals surface area contributed by atoms with E-state index in [0.29, 0.717) is 0 Å². The van der Waals surface area contributed by atoms with E-state index in [1.54, 1.807) is 0 Å². The highest BCUT2D eigenvalue weighted by Gasteiger charge is 2.36. The average molecular weight is 621 g/mol. The molecule has 48 heavy (non-hydrogen) atoms. The normalized spacial score (nSPS) is 13.6. The van der Waals surface area contributed by atoms with Crippen molar-refractivity contribution in [3.8, 4) is 68.2 Å². The molecule has 0 N–H and O–H groups in total. The van der Waals surface area contributed by atoms with Gasteiger partial charge in [0, 0.05) is 0 Å².